The quantitative estimate of drug-likeness (QED) is 0.473. The van der Waals surface area contributed by atoms with Gasteiger partial charge in [-0.1, -0.05) is 12.7 Å². The van der Waals surface area contributed by atoms with Gasteiger partial charge in [-0.05, 0) is 17.7 Å². The van der Waals surface area contributed by atoms with E-state index in [9.17, 15) is 20.1 Å². The molecule has 1 aliphatic rings. The van der Waals surface area contributed by atoms with Crippen LogP contribution in [0.5, 0.6) is 0 Å². The minimum Gasteiger partial charge on any atom is -0.423 e. The van der Waals surface area contributed by atoms with E-state index in [-0.39, 0.29) is 0 Å². The van der Waals surface area contributed by atoms with Gasteiger partial charge < -0.3 is 34.9 Å². The number of rotatable bonds is 4. The van der Waals surface area contributed by atoms with Crippen molar-refractivity contribution in [3.63, 3.8) is 0 Å². The summed E-state index contributed by atoms with van der Waals surface area (Å²) >= 11 is 0. The van der Waals surface area contributed by atoms with Crippen molar-refractivity contribution in [2.45, 2.75) is 30.6 Å². The van der Waals surface area contributed by atoms with Crippen molar-refractivity contribution < 1.29 is 29.6 Å². The van der Waals surface area contributed by atoms with Gasteiger partial charge in [0.15, 0.2) is 6.29 Å². The van der Waals surface area contributed by atoms with E-state index >= 15 is 0 Å². The van der Waals surface area contributed by atoms with Crippen molar-refractivity contribution in [3.8, 4) is 0 Å². The van der Waals surface area contributed by atoms with Crippen LogP contribution in [0, 0.1) is 0 Å². The summed E-state index contributed by atoms with van der Waals surface area (Å²) in [5, 5.41) is 42.7. The van der Waals surface area contributed by atoms with Gasteiger partial charge >= 0.3 is 5.63 Å². The van der Waals surface area contributed by atoms with Gasteiger partial charge in [0.1, 0.15) is 29.9 Å². The maximum absolute atomic E-state index is 11.6. The van der Waals surface area contributed by atoms with E-state index in [1.54, 1.807) is 18.2 Å². The van der Waals surface area contributed by atoms with Crippen LogP contribution in [0.1, 0.15) is 5.56 Å². The van der Waals surface area contributed by atoms with E-state index in [1.165, 1.54) is 12.1 Å². The summed E-state index contributed by atoms with van der Waals surface area (Å²) in [6.07, 6.45) is -3.72. The van der Waals surface area contributed by atoms with Crippen LogP contribution in [0.15, 0.2) is 40.1 Å². The van der Waals surface area contributed by atoms with Gasteiger partial charge in [0, 0.05) is 23.2 Å². The summed E-state index contributed by atoms with van der Waals surface area (Å²) in [5.41, 5.74) is 0.849. The van der Waals surface area contributed by atoms with Crippen molar-refractivity contribution in [2.75, 3.05) is 11.9 Å². The molecule has 1 aromatic heterocycles. The smallest absolute Gasteiger partial charge is 0.336 e. The third-order valence-electron chi connectivity index (χ3n) is 4.23. The van der Waals surface area contributed by atoms with Crippen LogP contribution in [0.4, 0.5) is 5.69 Å². The number of aliphatic hydroxyl groups is 4. The van der Waals surface area contributed by atoms with Gasteiger partial charge in [0.25, 0.3) is 0 Å². The number of hydrogen-bond donors (Lipinski definition) is 5. The molecule has 0 aliphatic carbocycles. The standard InChI is InChI=1S/C17H19NO7/c1-2-8-5-13(20)24-11-6-9(3-4-10(8)11)18-14-16(22)15(21)12(7-19)25-17(14)23/h2-6,12,14-19,21-23H,1,7H2/t12?,14?,15-,16-,17-/m1/s1. The lowest BCUT2D eigenvalue weighted by Crippen LogP contribution is -2.61. The molecule has 2 unspecified atom stereocenters. The Morgan fingerprint density at radius 2 is 1.96 bits per heavy atom. The summed E-state index contributed by atoms with van der Waals surface area (Å²) < 4.78 is 10.3. The molecule has 8 nitrogen and oxygen atoms in total. The summed E-state index contributed by atoms with van der Waals surface area (Å²) in [6, 6.07) is 5.19. The third-order valence-corrected chi connectivity index (χ3v) is 4.23. The maximum Gasteiger partial charge on any atom is 0.336 e. The van der Waals surface area contributed by atoms with Crippen molar-refractivity contribution in [1.29, 1.82) is 0 Å². The van der Waals surface area contributed by atoms with Gasteiger partial charge in [-0.15, -0.1) is 0 Å². The molecule has 1 aliphatic heterocycles. The minimum atomic E-state index is -1.45. The summed E-state index contributed by atoms with van der Waals surface area (Å²) in [7, 11) is 0. The van der Waals surface area contributed by atoms with E-state index in [0.717, 1.165) is 0 Å². The average molecular weight is 349 g/mol. The van der Waals surface area contributed by atoms with Crippen LogP contribution in [0.25, 0.3) is 17.0 Å². The molecule has 134 valence electrons. The Balaban J connectivity index is 1.90. The molecule has 0 spiro atoms. The van der Waals surface area contributed by atoms with Crippen LogP contribution in [-0.4, -0.2) is 57.7 Å². The first-order valence-corrected chi connectivity index (χ1v) is 7.72. The topological polar surface area (TPSA) is 132 Å². The van der Waals surface area contributed by atoms with Crippen molar-refractivity contribution in [2.24, 2.45) is 0 Å². The number of nitrogens with one attached hydrogen (secondary N) is 1. The normalized spacial score (nSPS) is 29.5. The molecule has 8 heteroatoms. The first-order valence-electron chi connectivity index (χ1n) is 7.72. The molecule has 0 amide bonds. The van der Waals surface area contributed by atoms with E-state index in [4.69, 9.17) is 14.3 Å². The molecule has 5 atom stereocenters. The molecular formula is C17H19NO7. The van der Waals surface area contributed by atoms with Crippen LogP contribution in [-0.2, 0) is 4.74 Å². The minimum absolute atomic E-state index is 0.307. The third kappa shape index (κ3) is 3.30. The molecule has 2 heterocycles. The monoisotopic (exact) mass is 349 g/mol. The molecule has 0 saturated carbocycles. The predicted octanol–water partition coefficient (Wildman–Crippen LogP) is -0.352. The molecule has 5 N–H and O–H groups in total. The Hall–Kier alpha value is -2.23. The second-order valence-corrected chi connectivity index (χ2v) is 5.83. The van der Waals surface area contributed by atoms with Gasteiger partial charge in [-0.25, -0.2) is 4.79 Å². The highest BCUT2D eigenvalue weighted by atomic mass is 16.6. The fourth-order valence-electron chi connectivity index (χ4n) is 2.89. The summed E-state index contributed by atoms with van der Waals surface area (Å²) in [4.78, 5) is 11.6. The van der Waals surface area contributed by atoms with E-state index in [1.807, 2.05) is 0 Å². The lowest BCUT2D eigenvalue weighted by molar-refractivity contribution is -0.245. The van der Waals surface area contributed by atoms with E-state index < -0.39 is 42.9 Å². The Bertz CT molecular complexity index is 833. The summed E-state index contributed by atoms with van der Waals surface area (Å²) in [6.45, 7) is 3.12. The first-order chi connectivity index (χ1) is 11.9. The Morgan fingerprint density at radius 3 is 2.64 bits per heavy atom. The van der Waals surface area contributed by atoms with Crippen molar-refractivity contribution in [1.82, 2.24) is 0 Å². The van der Waals surface area contributed by atoms with Gasteiger partial charge in [0.2, 0.25) is 0 Å². The molecule has 1 saturated heterocycles. The Labute approximate surface area is 142 Å². The number of fused-ring (bicyclic) bond motifs is 1. The summed E-state index contributed by atoms with van der Waals surface area (Å²) in [5.74, 6) is 0. The highest BCUT2D eigenvalue weighted by molar-refractivity contribution is 5.88. The van der Waals surface area contributed by atoms with E-state index in [2.05, 4.69) is 11.9 Å². The molecule has 0 radical (unpaired) electrons. The molecule has 3 rings (SSSR count). The molecule has 1 fully saturated rings. The van der Waals surface area contributed by atoms with Crippen LogP contribution in [0.2, 0.25) is 0 Å². The Morgan fingerprint density at radius 1 is 1.20 bits per heavy atom. The van der Waals surface area contributed by atoms with Crippen LogP contribution >= 0.6 is 0 Å². The lowest BCUT2D eigenvalue weighted by atomic mass is 9.96. The number of benzene rings is 1. The average Bonchev–Trinajstić information content (AvgIpc) is 2.60. The highest BCUT2D eigenvalue weighted by Gasteiger charge is 2.43. The molecule has 2 aromatic rings. The van der Waals surface area contributed by atoms with Crippen molar-refractivity contribution >= 4 is 22.7 Å². The van der Waals surface area contributed by atoms with Crippen LogP contribution < -0.4 is 10.9 Å². The Kier molecular flexibility index (Phi) is 4.89. The van der Waals surface area contributed by atoms with Crippen LogP contribution in [0.3, 0.4) is 0 Å². The van der Waals surface area contributed by atoms with E-state index in [0.29, 0.717) is 22.2 Å². The molecule has 1 aromatic carbocycles. The zero-order valence-corrected chi connectivity index (χ0v) is 13.2. The number of aliphatic hydroxyl groups excluding tert-OH is 4. The van der Waals surface area contributed by atoms with Crippen molar-refractivity contribution in [3.05, 3.63) is 46.8 Å². The number of hydrogen-bond acceptors (Lipinski definition) is 8. The molecule has 0 bridgehead atoms. The largest absolute Gasteiger partial charge is 0.423 e. The number of anilines is 1. The maximum atomic E-state index is 11.6. The fraction of sp³-hybridized carbons (Fsp3) is 0.353. The van der Waals surface area contributed by atoms with Gasteiger partial charge in [-0.2, -0.15) is 0 Å². The second-order valence-electron chi connectivity index (χ2n) is 5.83. The fourth-order valence-corrected chi connectivity index (χ4v) is 2.89. The number of ether oxygens (including phenoxy) is 1. The predicted molar refractivity (Wildman–Crippen MR) is 90.0 cm³/mol. The molecular weight excluding hydrogens is 330 g/mol. The lowest BCUT2D eigenvalue weighted by Gasteiger charge is -2.40. The van der Waals surface area contributed by atoms with Gasteiger partial charge in [0.05, 0.1) is 6.61 Å². The zero-order chi connectivity index (χ0) is 18.1. The second kappa shape index (κ2) is 6.95. The SMILES string of the molecule is C=Cc1cc(=O)oc2cc(NC3[C@H](O)OC(CO)[C@@H](O)[C@@H]3O)ccc12. The zero-order valence-electron chi connectivity index (χ0n) is 13.2. The molecule has 25 heavy (non-hydrogen) atoms. The highest BCUT2D eigenvalue weighted by Crippen LogP contribution is 2.26. The first kappa shape index (κ1) is 17.6. The van der Waals surface area contributed by atoms with Gasteiger partial charge in [-0.3, -0.25) is 0 Å².